The first-order valence-electron chi connectivity index (χ1n) is 6.19. The normalized spacial score (nSPS) is 19.8. The number of nitrogens with one attached hydrogen (secondary N) is 1. The van der Waals surface area contributed by atoms with E-state index < -0.39 is 0 Å². The lowest BCUT2D eigenvalue weighted by molar-refractivity contribution is 0.457. The van der Waals surface area contributed by atoms with Crippen molar-refractivity contribution in [1.82, 2.24) is 9.78 Å². The minimum Gasteiger partial charge on any atom is -0.375 e. The Morgan fingerprint density at radius 1 is 1.47 bits per heavy atom. The fraction of sp³-hybridized carbons (Fsp3) is 0.571. The van der Waals surface area contributed by atoms with Crippen molar-refractivity contribution in [3.63, 3.8) is 0 Å². The number of halogens is 1. The Labute approximate surface area is 118 Å². The van der Waals surface area contributed by atoms with Gasteiger partial charge in [-0.3, -0.25) is 4.79 Å². The molecular weight excluding hydrogens is 262 g/mol. The third kappa shape index (κ3) is 2.02. The summed E-state index contributed by atoms with van der Waals surface area (Å²) >= 11 is 6.07. The summed E-state index contributed by atoms with van der Waals surface area (Å²) in [5, 5.41) is 7.51. The van der Waals surface area contributed by atoms with Crippen molar-refractivity contribution in [2.45, 2.75) is 40.3 Å². The van der Waals surface area contributed by atoms with Crippen LogP contribution in [0.2, 0.25) is 5.02 Å². The molecule has 1 aromatic heterocycles. The average molecular weight is 280 g/mol. The molecule has 1 saturated carbocycles. The van der Waals surface area contributed by atoms with E-state index in [0.29, 0.717) is 10.7 Å². The van der Waals surface area contributed by atoms with Gasteiger partial charge in [-0.15, -0.1) is 6.42 Å². The van der Waals surface area contributed by atoms with Gasteiger partial charge in [-0.2, -0.15) is 5.10 Å². The third-order valence-electron chi connectivity index (χ3n) is 4.55. The lowest BCUT2D eigenvalue weighted by Crippen LogP contribution is -2.27. The number of hydrogen-bond donors (Lipinski definition) is 1. The predicted octanol–water partition coefficient (Wildman–Crippen LogP) is 2.38. The predicted molar refractivity (Wildman–Crippen MR) is 77.3 cm³/mol. The summed E-state index contributed by atoms with van der Waals surface area (Å²) in [5.41, 5.74) is 0.339. The van der Waals surface area contributed by atoms with Gasteiger partial charge in [-0.25, -0.2) is 4.68 Å². The van der Waals surface area contributed by atoms with E-state index in [-0.39, 0.29) is 29.0 Å². The maximum atomic E-state index is 12.2. The smallest absolute Gasteiger partial charge is 0.292 e. The highest BCUT2D eigenvalue weighted by Gasteiger charge is 2.65. The lowest BCUT2D eigenvalue weighted by atomic mass is 10.0. The van der Waals surface area contributed by atoms with Gasteiger partial charge in [0.1, 0.15) is 12.2 Å². The van der Waals surface area contributed by atoms with Crippen LogP contribution in [0.4, 0.5) is 5.69 Å². The minimum atomic E-state index is -0.274. The molecule has 1 aliphatic rings. The summed E-state index contributed by atoms with van der Waals surface area (Å²) in [6.07, 6.45) is 6.66. The molecule has 0 bridgehead atoms. The van der Waals surface area contributed by atoms with Crippen LogP contribution in [0.1, 0.15) is 27.7 Å². The Kier molecular flexibility index (Phi) is 3.14. The molecule has 1 aromatic rings. The second kappa shape index (κ2) is 4.28. The molecule has 0 unspecified atom stereocenters. The van der Waals surface area contributed by atoms with Crippen LogP contribution in [0.5, 0.6) is 0 Å². The Balaban J connectivity index is 2.35. The van der Waals surface area contributed by atoms with Gasteiger partial charge < -0.3 is 5.32 Å². The van der Waals surface area contributed by atoms with Crippen LogP contribution in [0.25, 0.3) is 0 Å². The molecule has 0 saturated heterocycles. The number of nitrogens with zero attached hydrogens (tertiary/aromatic N) is 2. The first kappa shape index (κ1) is 14.0. The zero-order chi connectivity index (χ0) is 14.4. The Bertz CT molecular complexity index is 596. The minimum absolute atomic E-state index is 0.114. The van der Waals surface area contributed by atoms with Crippen molar-refractivity contribution in [2.75, 3.05) is 5.32 Å². The van der Waals surface area contributed by atoms with E-state index in [1.807, 2.05) is 0 Å². The molecule has 102 valence electrons. The van der Waals surface area contributed by atoms with E-state index in [1.54, 1.807) is 0 Å². The lowest BCUT2D eigenvalue weighted by Gasteiger charge is -2.10. The second-order valence-electron chi connectivity index (χ2n) is 6.06. The van der Waals surface area contributed by atoms with E-state index in [9.17, 15) is 4.79 Å². The zero-order valence-corrected chi connectivity index (χ0v) is 12.4. The number of anilines is 1. The van der Waals surface area contributed by atoms with E-state index in [4.69, 9.17) is 18.0 Å². The van der Waals surface area contributed by atoms with Crippen LogP contribution in [0.15, 0.2) is 11.0 Å². The van der Waals surface area contributed by atoms with Crippen molar-refractivity contribution >= 4 is 17.3 Å². The number of terminal acetylenes is 1. The van der Waals surface area contributed by atoms with Crippen LogP contribution in [0, 0.1) is 23.2 Å². The highest BCUT2D eigenvalue weighted by molar-refractivity contribution is 6.33. The zero-order valence-electron chi connectivity index (χ0n) is 11.6. The van der Waals surface area contributed by atoms with Gasteiger partial charge in [0.05, 0.1) is 11.2 Å². The molecule has 0 spiro atoms. The summed E-state index contributed by atoms with van der Waals surface area (Å²) in [6.45, 7) is 8.81. The van der Waals surface area contributed by atoms with E-state index in [0.717, 1.165) is 0 Å². The standard InChI is InChI=1S/C14H18ClN3O/c1-6-7-18-11(19)10(9(15)8-16-18)17-12-13(2,3)14(12,4)5/h1,8,12,17H,7H2,2-5H3. The van der Waals surface area contributed by atoms with Crippen LogP contribution < -0.4 is 10.9 Å². The molecule has 0 aliphatic heterocycles. The van der Waals surface area contributed by atoms with Crippen molar-refractivity contribution in [2.24, 2.45) is 10.8 Å². The molecule has 0 atom stereocenters. The van der Waals surface area contributed by atoms with Gasteiger partial charge in [0, 0.05) is 6.04 Å². The molecule has 1 N–H and O–H groups in total. The molecule has 19 heavy (non-hydrogen) atoms. The van der Waals surface area contributed by atoms with E-state index in [2.05, 4.69) is 44.0 Å². The summed E-state index contributed by atoms with van der Waals surface area (Å²) in [6, 6.07) is 0.201. The highest BCUT2D eigenvalue weighted by Crippen LogP contribution is 2.63. The quantitative estimate of drug-likeness (QED) is 0.864. The fourth-order valence-corrected chi connectivity index (χ4v) is 2.68. The van der Waals surface area contributed by atoms with Crippen molar-refractivity contribution in [3.05, 3.63) is 21.6 Å². The van der Waals surface area contributed by atoms with Gasteiger partial charge >= 0.3 is 0 Å². The molecule has 1 heterocycles. The number of hydrogen-bond acceptors (Lipinski definition) is 3. The van der Waals surface area contributed by atoms with Crippen molar-refractivity contribution in [1.29, 1.82) is 0 Å². The molecule has 1 fully saturated rings. The van der Waals surface area contributed by atoms with Gasteiger partial charge in [-0.05, 0) is 10.8 Å². The molecule has 1 aliphatic carbocycles. The molecule has 5 heteroatoms. The van der Waals surface area contributed by atoms with Crippen LogP contribution in [0.3, 0.4) is 0 Å². The Morgan fingerprint density at radius 3 is 2.53 bits per heavy atom. The molecule has 0 amide bonds. The van der Waals surface area contributed by atoms with Gasteiger partial charge in [0.2, 0.25) is 0 Å². The first-order valence-corrected chi connectivity index (χ1v) is 6.57. The maximum Gasteiger partial charge on any atom is 0.292 e. The summed E-state index contributed by atoms with van der Waals surface area (Å²) < 4.78 is 1.23. The SMILES string of the molecule is C#CCn1ncc(Cl)c(NC2C(C)(C)C2(C)C)c1=O. The Hall–Kier alpha value is -1.47. The van der Waals surface area contributed by atoms with Crippen molar-refractivity contribution in [3.8, 4) is 12.3 Å². The summed E-state index contributed by atoms with van der Waals surface area (Å²) in [4.78, 5) is 12.2. The largest absolute Gasteiger partial charge is 0.375 e. The van der Waals surface area contributed by atoms with Gasteiger partial charge in [0.25, 0.3) is 5.56 Å². The Morgan fingerprint density at radius 2 is 2.05 bits per heavy atom. The van der Waals surface area contributed by atoms with E-state index >= 15 is 0 Å². The second-order valence-corrected chi connectivity index (χ2v) is 6.46. The molecule has 0 aromatic carbocycles. The maximum absolute atomic E-state index is 12.2. The van der Waals surface area contributed by atoms with Crippen molar-refractivity contribution < 1.29 is 0 Å². The fourth-order valence-electron chi connectivity index (χ4n) is 2.50. The van der Waals surface area contributed by atoms with Gasteiger partial charge in [0.15, 0.2) is 0 Å². The monoisotopic (exact) mass is 279 g/mol. The average Bonchev–Trinajstić information content (AvgIpc) is 2.70. The van der Waals surface area contributed by atoms with Gasteiger partial charge in [-0.1, -0.05) is 45.2 Å². The number of rotatable bonds is 3. The number of aromatic nitrogens is 2. The van der Waals surface area contributed by atoms with Crippen LogP contribution in [-0.2, 0) is 6.54 Å². The third-order valence-corrected chi connectivity index (χ3v) is 4.83. The summed E-state index contributed by atoms with van der Waals surface area (Å²) in [5.74, 6) is 2.40. The molecule has 4 nitrogen and oxygen atoms in total. The van der Waals surface area contributed by atoms with Crippen LogP contribution >= 0.6 is 11.6 Å². The van der Waals surface area contributed by atoms with E-state index in [1.165, 1.54) is 10.9 Å². The van der Waals surface area contributed by atoms with Crippen LogP contribution in [-0.4, -0.2) is 15.8 Å². The topological polar surface area (TPSA) is 46.9 Å². The highest BCUT2D eigenvalue weighted by atomic mass is 35.5. The molecular formula is C14H18ClN3O. The summed E-state index contributed by atoms with van der Waals surface area (Å²) in [7, 11) is 0. The first-order chi connectivity index (χ1) is 8.73. The molecule has 0 radical (unpaired) electrons. The molecule has 2 rings (SSSR count).